The topological polar surface area (TPSA) is 61.3 Å². The summed E-state index contributed by atoms with van der Waals surface area (Å²) in [6.45, 7) is 0. The molecule has 0 spiro atoms. The molecule has 4 nitrogen and oxygen atoms in total. The minimum Gasteiger partial charge on any atom is -0.507 e. The van der Waals surface area contributed by atoms with Gasteiger partial charge in [-0.3, -0.25) is 4.99 Å². The van der Waals surface area contributed by atoms with Crippen molar-refractivity contribution in [2.24, 2.45) is 4.99 Å². The zero-order valence-electron chi connectivity index (χ0n) is 13.1. The highest BCUT2D eigenvalue weighted by Crippen LogP contribution is 2.24. The summed E-state index contributed by atoms with van der Waals surface area (Å²) in [5.41, 5.74) is 3.85. The number of para-hydroxylation sites is 1. The highest BCUT2D eigenvalue weighted by Gasteiger charge is 2.06. The number of fused-ring (bicyclic) bond motifs is 1. The predicted octanol–water partition coefficient (Wildman–Crippen LogP) is 4.83. The summed E-state index contributed by atoms with van der Waals surface area (Å²) in [6.07, 6.45) is 1.62. The zero-order valence-corrected chi connectivity index (χ0v) is 13.1. The Morgan fingerprint density at radius 2 is 1.80 bits per heavy atom. The molecule has 122 valence electrons. The monoisotopic (exact) mass is 331 g/mol. The number of hydrogen-bond acceptors (Lipinski definition) is 3. The number of nitrogens with one attached hydrogen (secondary N) is 1. The molecule has 5 heteroatoms. The van der Waals surface area contributed by atoms with Crippen LogP contribution in [0.25, 0.3) is 22.4 Å². The quantitative estimate of drug-likeness (QED) is 0.528. The minimum atomic E-state index is -0.277. The van der Waals surface area contributed by atoms with Crippen LogP contribution in [0.2, 0.25) is 0 Å². The van der Waals surface area contributed by atoms with Crippen molar-refractivity contribution in [1.82, 2.24) is 9.97 Å². The van der Waals surface area contributed by atoms with Crippen LogP contribution in [0, 0.1) is 5.82 Å². The van der Waals surface area contributed by atoms with Gasteiger partial charge in [0.1, 0.15) is 17.4 Å². The molecule has 4 rings (SSSR count). The number of phenolic OH excluding ortho intramolecular Hbond substituents is 1. The van der Waals surface area contributed by atoms with Crippen molar-refractivity contribution in [2.75, 3.05) is 0 Å². The Morgan fingerprint density at radius 1 is 1.00 bits per heavy atom. The number of hydrogen-bond donors (Lipinski definition) is 2. The molecule has 0 unspecified atom stereocenters. The fraction of sp³-hybridized carbons (Fsp3) is 0. The van der Waals surface area contributed by atoms with Crippen molar-refractivity contribution in [3.05, 3.63) is 78.1 Å². The third-order valence-corrected chi connectivity index (χ3v) is 3.87. The standard InChI is InChI=1S/C20H14FN3O/c21-15-7-5-13(6-8-15)20-23-17-10-9-16(11-18(17)24-20)22-12-14-3-1-2-4-19(14)25/h1-12,25H,(H,23,24). The van der Waals surface area contributed by atoms with Crippen molar-refractivity contribution in [3.8, 4) is 17.1 Å². The maximum atomic E-state index is 13.0. The van der Waals surface area contributed by atoms with Crippen LogP contribution in [0.1, 0.15) is 5.56 Å². The van der Waals surface area contributed by atoms with Gasteiger partial charge in [0.05, 0.1) is 16.7 Å². The highest BCUT2D eigenvalue weighted by atomic mass is 19.1. The van der Waals surface area contributed by atoms with Crippen molar-refractivity contribution in [1.29, 1.82) is 0 Å². The lowest BCUT2D eigenvalue weighted by Crippen LogP contribution is -1.80. The Hall–Kier alpha value is -3.47. The van der Waals surface area contributed by atoms with Gasteiger partial charge in [-0.2, -0.15) is 0 Å². The average molecular weight is 331 g/mol. The van der Waals surface area contributed by atoms with Crippen LogP contribution in [-0.2, 0) is 0 Å². The second-order valence-corrected chi connectivity index (χ2v) is 5.61. The van der Waals surface area contributed by atoms with Crippen LogP contribution < -0.4 is 0 Å². The molecule has 1 heterocycles. The zero-order chi connectivity index (χ0) is 17.2. The number of benzene rings is 3. The van der Waals surface area contributed by atoms with Crippen LogP contribution in [-0.4, -0.2) is 21.3 Å². The number of H-pyrrole nitrogens is 1. The highest BCUT2D eigenvalue weighted by molar-refractivity contribution is 5.87. The molecule has 0 saturated carbocycles. The number of imidazole rings is 1. The number of aromatic nitrogens is 2. The average Bonchev–Trinajstić information content (AvgIpc) is 3.05. The van der Waals surface area contributed by atoms with Gasteiger partial charge in [-0.05, 0) is 54.6 Å². The lowest BCUT2D eigenvalue weighted by molar-refractivity contribution is 0.474. The predicted molar refractivity (Wildman–Crippen MR) is 96.8 cm³/mol. The molecule has 2 N–H and O–H groups in total. The van der Waals surface area contributed by atoms with Gasteiger partial charge in [-0.25, -0.2) is 9.37 Å². The van der Waals surface area contributed by atoms with Gasteiger partial charge in [0.25, 0.3) is 0 Å². The Kier molecular flexibility index (Phi) is 3.74. The SMILES string of the molecule is Oc1ccccc1C=Nc1ccc2nc(-c3ccc(F)cc3)[nH]c2c1. The molecule has 0 fully saturated rings. The summed E-state index contributed by atoms with van der Waals surface area (Å²) >= 11 is 0. The van der Waals surface area contributed by atoms with E-state index in [1.54, 1.807) is 36.5 Å². The fourth-order valence-electron chi connectivity index (χ4n) is 2.56. The summed E-state index contributed by atoms with van der Waals surface area (Å²) in [4.78, 5) is 12.1. The molecule has 25 heavy (non-hydrogen) atoms. The summed E-state index contributed by atoms with van der Waals surface area (Å²) in [6, 6.07) is 18.8. The molecule has 3 aromatic carbocycles. The first-order valence-corrected chi connectivity index (χ1v) is 7.77. The first kappa shape index (κ1) is 15.1. The summed E-state index contributed by atoms with van der Waals surface area (Å²) in [5.74, 6) is 0.588. The van der Waals surface area contributed by atoms with E-state index in [0.717, 1.165) is 22.3 Å². The molecular formula is C20H14FN3O. The van der Waals surface area contributed by atoms with E-state index >= 15 is 0 Å². The number of rotatable bonds is 3. The number of aliphatic imine (C=N–C) groups is 1. The fourth-order valence-corrected chi connectivity index (χ4v) is 2.56. The van der Waals surface area contributed by atoms with E-state index < -0.39 is 0 Å². The molecule has 0 aliphatic heterocycles. The lowest BCUT2D eigenvalue weighted by Gasteiger charge is -1.97. The third-order valence-electron chi connectivity index (χ3n) is 3.87. The normalized spacial score (nSPS) is 11.4. The molecule has 0 bridgehead atoms. The van der Waals surface area contributed by atoms with Crippen LogP contribution in [0.3, 0.4) is 0 Å². The van der Waals surface area contributed by atoms with Gasteiger partial charge >= 0.3 is 0 Å². The van der Waals surface area contributed by atoms with Gasteiger partial charge in [0.15, 0.2) is 0 Å². The lowest BCUT2D eigenvalue weighted by atomic mass is 10.2. The molecule has 0 aliphatic rings. The number of aromatic hydroxyl groups is 1. The van der Waals surface area contributed by atoms with E-state index in [0.29, 0.717) is 11.4 Å². The number of halogens is 1. The molecular weight excluding hydrogens is 317 g/mol. The largest absolute Gasteiger partial charge is 0.507 e. The van der Waals surface area contributed by atoms with Crippen LogP contribution in [0.15, 0.2) is 71.7 Å². The summed E-state index contributed by atoms with van der Waals surface area (Å²) in [5, 5.41) is 9.78. The smallest absolute Gasteiger partial charge is 0.138 e. The minimum absolute atomic E-state index is 0.187. The van der Waals surface area contributed by atoms with Crippen molar-refractivity contribution < 1.29 is 9.50 Å². The molecule has 0 atom stereocenters. The van der Waals surface area contributed by atoms with Crippen molar-refractivity contribution in [2.45, 2.75) is 0 Å². The Balaban J connectivity index is 1.66. The van der Waals surface area contributed by atoms with Crippen LogP contribution in [0.5, 0.6) is 5.75 Å². The van der Waals surface area contributed by atoms with Gasteiger partial charge in [-0.1, -0.05) is 12.1 Å². The van der Waals surface area contributed by atoms with E-state index in [1.807, 2.05) is 24.3 Å². The van der Waals surface area contributed by atoms with Gasteiger partial charge in [0.2, 0.25) is 0 Å². The first-order valence-electron chi connectivity index (χ1n) is 7.77. The number of nitrogens with zero attached hydrogens (tertiary/aromatic N) is 2. The number of aromatic amines is 1. The summed E-state index contributed by atoms with van der Waals surface area (Å²) in [7, 11) is 0. The van der Waals surface area contributed by atoms with E-state index in [1.165, 1.54) is 12.1 Å². The van der Waals surface area contributed by atoms with Crippen molar-refractivity contribution >= 4 is 22.9 Å². The number of phenols is 1. The Bertz CT molecular complexity index is 1070. The van der Waals surface area contributed by atoms with Gasteiger partial charge < -0.3 is 10.1 Å². The third kappa shape index (κ3) is 3.12. The second-order valence-electron chi connectivity index (χ2n) is 5.61. The molecule has 4 aromatic rings. The maximum Gasteiger partial charge on any atom is 0.138 e. The van der Waals surface area contributed by atoms with E-state index in [4.69, 9.17) is 0 Å². The maximum absolute atomic E-state index is 13.0. The van der Waals surface area contributed by atoms with Gasteiger partial charge in [-0.15, -0.1) is 0 Å². The van der Waals surface area contributed by atoms with Crippen molar-refractivity contribution in [3.63, 3.8) is 0 Å². The van der Waals surface area contributed by atoms with Crippen LogP contribution in [0.4, 0.5) is 10.1 Å². The van der Waals surface area contributed by atoms with E-state index in [2.05, 4.69) is 15.0 Å². The van der Waals surface area contributed by atoms with Crippen LogP contribution >= 0.6 is 0 Å². The molecule has 0 saturated heterocycles. The summed E-state index contributed by atoms with van der Waals surface area (Å²) < 4.78 is 13.0. The Labute approximate surface area is 143 Å². The van der Waals surface area contributed by atoms with Gasteiger partial charge in [0, 0.05) is 17.3 Å². The molecule has 0 aliphatic carbocycles. The second kappa shape index (κ2) is 6.20. The Morgan fingerprint density at radius 3 is 2.60 bits per heavy atom. The molecule has 0 radical (unpaired) electrons. The van der Waals surface area contributed by atoms with E-state index in [-0.39, 0.29) is 11.6 Å². The molecule has 0 amide bonds. The van der Waals surface area contributed by atoms with E-state index in [9.17, 15) is 9.50 Å². The molecule has 1 aromatic heterocycles. The first-order chi connectivity index (χ1) is 12.2.